The standard InChI is InChI=1S/C19H14ClN3O3/c20-13-5-3-4-12(10-13)18-16(8-9-17(24)25)26-19(22-18)23-11-21-14-6-1-2-7-15(14)23/h1-7,10-11H,8-9H2,(H,24,25). The summed E-state index contributed by atoms with van der Waals surface area (Å²) in [6.07, 6.45) is 1.82. The molecular formula is C19H14ClN3O3. The van der Waals surface area contributed by atoms with Gasteiger partial charge in [0.05, 0.1) is 17.5 Å². The Morgan fingerprint density at radius 2 is 2.04 bits per heavy atom. The van der Waals surface area contributed by atoms with Crippen LogP contribution in [-0.4, -0.2) is 25.6 Å². The summed E-state index contributed by atoms with van der Waals surface area (Å²) in [5.41, 5.74) is 3.04. The zero-order valence-electron chi connectivity index (χ0n) is 13.6. The number of hydrogen-bond donors (Lipinski definition) is 1. The van der Waals surface area contributed by atoms with Crippen LogP contribution in [0.2, 0.25) is 5.02 Å². The summed E-state index contributed by atoms with van der Waals surface area (Å²) in [5.74, 6) is -0.393. The van der Waals surface area contributed by atoms with E-state index in [-0.39, 0.29) is 12.8 Å². The van der Waals surface area contributed by atoms with Crippen molar-refractivity contribution in [1.82, 2.24) is 14.5 Å². The van der Waals surface area contributed by atoms with Crippen LogP contribution in [-0.2, 0) is 11.2 Å². The topological polar surface area (TPSA) is 81.1 Å². The van der Waals surface area contributed by atoms with Gasteiger partial charge in [0.25, 0.3) is 0 Å². The number of imidazole rings is 1. The Labute approximate surface area is 153 Å². The van der Waals surface area contributed by atoms with E-state index in [0.717, 1.165) is 16.6 Å². The zero-order chi connectivity index (χ0) is 18.1. The van der Waals surface area contributed by atoms with Crippen LogP contribution in [0.3, 0.4) is 0 Å². The number of aryl methyl sites for hydroxylation is 1. The number of carbonyl (C=O) groups is 1. The number of halogens is 1. The summed E-state index contributed by atoms with van der Waals surface area (Å²) in [5, 5.41) is 9.59. The van der Waals surface area contributed by atoms with Gasteiger partial charge in [-0.3, -0.25) is 9.36 Å². The second-order valence-electron chi connectivity index (χ2n) is 5.78. The SMILES string of the molecule is O=C(O)CCc1oc(-n2cnc3ccccc32)nc1-c1cccc(Cl)c1. The van der Waals surface area contributed by atoms with Crippen LogP contribution >= 0.6 is 11.6 Å². The van der Waals surface area contributed by atoms with Crippen molar-refractivity contribution in [2.24, 2.45) is 0 Å². The molecule has 0 saturated heterocycles. The molecule has 0 atom stereocenters. The van der Waals surface area contributed by atoms with E-state index in [9.17, 15) is 4.79 Å². The molecule has 6 nitrogen and oxygen atoms in total. The van der Waals surface area contributed by atoms with Crippen LogP contribution in [0.25, 0.3) is 28.3 Å². The Bertz CT molecular complexity index is 1100. The predicted octanol–water partition coefficient (Wildman–Crippen LogP) is 4.35. The van der Waals surface area contributed by atoms with Crippen molar-refractivity contribution in [3.63, 3.8) is 0 Å². The third-order valence-electron chi connectivity index (χ3n) is 4.01. The molecule has 0 saturated carbocycles. The number of aromatic nitrogens is 3. The second kappa shape index (κ2) is 6.65. The van der Waals surface area contributed by atoms with E-state index in [1.807, 2.05) is 36.4 Å². The van der Waals surface area contributed by atoms with Gasteiger partial charge in [-0.1, -0.05) is 35.9 Å². The van der Waals surface area contributed by atoms with E-state index in [0.29, 0.717) is 22.5 Å². The lowest BCUT2D eigenvalue weighted by atomic mass is 10.1. The molecule has 130 valence electrons. The van der Waals surface area contributed by atoms with Crippen LogP contribution < -0.4 is 0 Å². The van der Waals surface area contributed by atoms with Gasteiger partial charge in [0, 0.05) is 17.0 Å². The quantitative estimate of drug-likeness (QED) is 0.567. The molecule has 0 radical (unpaired) electrons. The molecule has 4 aromatic rings. The highest BCUT2D eigenvalue weighted by Gasteiger charge is 2.18. The van der Waals surface area contributed by atoms with Gasteiger partial charge in [-0.15, -0.1) is 0 Å². The first-order valence-electron chi connectivity index (χ1n) is 8.02. The lowest BCUT2D eigenvalue weighted by molar-refractivity contribution is -0.137. The first kappa shape index (κ1) is 16.4. The smallest absolute Gasteiger partial charge is 0.308 e. The lowest BCUT2D eigenvalue weighted by Crippen LogP contribution is -1.97. The molecule has 4 rings (SSSR count). The van der Waals surface area contributed by atoms with Crippen molar-refractivity contribution in [3.05, 3.63) is 65.6 Å². The van der Waals surface area contributed by atoms with Crippen molar-refractivity contribution < 1.29 is 14.3 Å². The van der Waals surface area contributed by atoms with Gasteiger partial charge >= 0.3 is 12.0 Å². The number of nitrogens with zero attached hydrogens (tertiary/aromatic N) is 3. The molecule has 0 aliphatic carbocycles. The Hall–Kier alpha value is -3.12. The molecular weight excluding hydrogens is 354 g/mol. The molecule has 0 fully saturated rings. The van der Waals surface area contributed by atoms with Crippen molar-refractivity contribution >= 4 is 28.6 Å². The highest BCUT2D eigenvalue weighted by molar-refractivity contribution is 6.30. The fourth-order valence-corrected chi connectivity index (χ4v) is 3.00. The number of carboxylic acids is 1. The van der Waals surface area contributed by atoms with Crippen LogP contribution in [0, 0.1) is 0 Å². The number of aliphatic carboxylic acids is 1. The molecule has 1 N–H and O–H groups in total. The summed E-state index contributed by atoms with van der Waals surface area (Å²) in [7, 11) is 0. The van der Waals surface area contributed by atoms with E-state index >= 15 is 0 Å². The molecule has 2 heterocycles. The highest BCUT2D eigenvalue weighted by Crippen LogP contribution is 2.29. The lowest BCUT2D eigenvalue weighted by Gasteiger charge is -2.00. The van der Waals surface area contributed by atoms with Crippen LogP contribution in [0.15, 0.2) is 59.3 Å². The maximum absolute atomic E-state index is 11.0. The first-order chi connectivity index (χ1) is 12.6. The minimum absolute atomic E-state index is 0.0487. The van der Waals surface area contributed by atoms with Crippen LogP contribution in [0.5, 0.6) is 0 Å². The second-order valence-corrected chi connectivity index (χ2v) is 6.21. The van der Waals surface area contributed by atoms with Gasteiger partial charge in [0.1, 0.15) is 17.8 Å². The minimum atomic E-state index is -0.895. The highest BCUT2D eigenvalue weighted by atomic mass is 35.5. The summed E-state index contributed by atoms with van der Waals surface area (Å²) < 4.78 is 7.66. The van der Waals surface area contributed by atoms with Gasteiger partial charge in [0.15, 0.2) is 0 Å². The average molecular weight is 368 g/mol. The maximum Gasteiger partial charge on any atom is 0.308 e. The summed E-state index contributed by atoms with van der Waals surface area (Å²) in [4.78, 5) is 19.9. The van der Waals surface area contributed by atoms with Crippen LogP contribution in [0.1, 0.15) is 12.2 Å². The number of hydrogen-bond acceptors (Lipinski definition) is 4. The van der Waals surface area contributed by atoms with Gasteiger partial charge in [-0.05, 0) is 24.3 Å². The predicted molar refractivity (Wildman–Crippen MR) is 97.5 cm³/mol. The summed E-state index contributed by atoms with van der Waals surface area (Å²) >= 11 is 6.09. The van der Waals surface area contributed by atoms with Gasteiger partial charge in [-0.2, -0.15) is 4.98 Å². The van der Waals surface area contributed by atoms with Gasteiger partial charge < -0.3 is 9.52 Å². The number of para-hydroxylation sites is 2. The fraction of sp³-hybridized carbons (Fsp3) is 0.105. The third kappa shape index (κ3) is 3.07. The molecule has 0 spiro atoms. The average Bonchev–Trinajstić information content (AvgIpc) is 3.24. The third-order valence-corrected chi connectivity index (χ3v) is 4.24. The number of benzene rings is 2. The van der Waals surface area contributed by atoms with Crippen molar-refractivity contribution in [2.75, 3.05) is 0 Å². The number of fused-ring (bicyclic) bond motifs is 1. The van der Waals surface area contributed by atoms with E-state index in [1.165, 1.54) is 0 Å². The Balaban J connectivity index is 1.84. The van der Waals surface area contributed by atoms with E-state index in [4.69, 9.17) is 21.1 Å². The Kier molecular flexibility index (Phi) is 4.18. The molecule has 2 aromatic heterocycles. The number of carboxylic acid groups (broad SMARTS) is 1. The van der Waals surface area contributed by atoms with Crippen molar-refractivity contribution in [2.45, 2.75) is 12.8 Å². The largest absolute Gasteiger partial charge is 0.481 e. The van der Waals surface area contributed by atoms with Crippen LogP contribution in [0.4, 0.5) is 0 Å². The molecule has 2 aromatic carbocycles. The van der Waals surface area contributed by atoms with Gasteiger partial charge in [0.2, 0.25) is 0 Å². The summed E-state index contributed by atoms with van der Waals surface area (Å²) in [6, 6.07) is 15.2. The Morgan fingerprint density at radius 1 is 1.19 bits per heavy atom. The maximum atomic E-state index is 11.0. The Morgan fingerprint density at radius 3 is 2.85 bits per heavy atom. The zero-order valence-corrected chi connectivity index (χ0v) is 14.3. The molecule has 0 unspecified atom stereocenters. The molecule has 0 aliphatic rings. The fourth-order valence-electron chi connectivity index (χ4n) is 2.81. The monoisotopic (exact) mass is 367 g/mol. The molecule has 26 heavy (non-hydrogen) atoms. The molecule has 0 bridgehead atoms. The molecule has 0 aliphatic heterocycles. The first-order valence-corrected chi connectivity index (χ1v) is 8.39. The minimum Gasteiger partial charge on any atom is -0.481 e. The molecule has 0 amide bonds. The summed E-state index contributed by atoms with van der Waals surface area (Å²) in [6.45, 7) is 0. The normalized spacial score (nSPS) is 11.1. The van der Waals surface area contributed by atoms with Crippen molar-refractivity contribution in [1.29, 1.82) is 0 Å². The van der Waals surface area contributed by atoms with Gasteiger partial charge in [-0.25, -0.2) is 4.98 Å². The number of rotatable bonds is 5. The van der Waals surface area contributed by atoms with E-state index in [2.05, 4.69) is 9.97 Å². The number of oxazole rings is 1. The van der Waals surface area contributed by atoms with Crippen molar-refractivity contribution in [3.8, 4) is 17.3 Å². The molecule has 7 heteroatoms. The van der Waals surface area contributed by atoms with E-state index < -0.39 is 5.97 Å². The van der Waals surface area contributed by atoms with E-state index in [1.54, 1.807) is 23.0 Å².